The Morgan fingerprint density at radius 2 is 2.00 bits per heavy atom. The fraction of sp³-hybridized carbons (Fsp3) is 0.308. The summed E-state index contributed by atoms with van der Waals surface area (Å²) in [5.41, 5.74) is 6.95. The van der Waals surface area contributed by atoms with E-state index in [0.29, 0.717) is 6.42 Å². The van der Waals surface area contributed by atoms with Gasteiger partial charge in [-0.25, -0.2) is 9.37 Å². The quantitative estimate of drug-likeness (QED) is 0.906. The maximum Gasteiger partial charge on any atom is 0.123 e. The van der Waals surface area contributed by atoms with Crippen LogP contribution < -0.4 is 5.73 Å². The van der Waals surface area contributed by atoms with E-state index in [0.717, 1.165) is 17.0 Å². The number of hydrogen-bond acceptors (Lipinski definition) is 3. The molecule has 2 aromatic rings. The Labute approximate surface area is 104 Å². The molecule has 0 radical (unpaired) electrons. The highest BCUT2D eigenvalue weighted by atomic mass is 32.1. The second-order valence-electron chi connectivity index (χ2n) is 4.56. The summed E-state index contributed by atoms with van der Waals surface area (Å²) in [5, 5.41) is 2.99. The molecule has 1 aromatic carbocycles. The summed E-state index contributed by atoms with van der Waals surface area (Å²) in [6, 6.07) is 6.49. The fourth-order valence-electron chi connectivity index (χ4n) is 1.82. The van der Waals surface area contributed by atoms with Crippen LogP contribution in [0.25, 0.3) is 0 Å². The molecule has 90 valence electrons. The number of nitrogens with two attached hydrogens (primary N) is 1. The first-order valence-corrected chi connectivity index (χ1v) is 6.35. The van der Waals surface area contributed by atoms with Crippen LogP contribution in [0.1, 0.15) is 17.5 Å². The van der Waals surface area contributed by atoms with Crippen LogP contribution in [0.4, 0.5) is 4.39 Å². The van der Waals surface area contributed by atoms with E-state index in [4.69, 9.17) is 5.73 Å². The maximum atomic E-state index is 12.8. The molecular weight excluding hydrogens is 235 g/mol. The minimum Gasteiger partial charge on any atom is -0.325 e. The lowest BCUT2D eigenvalue weighted by molar-refractivity contribution is 0.461. The lowest BCUT2D eigenvalue weighted by Gasteiger charge is -2.23. The SMILES string of the molecule is CC(N)(Cc1ccc(F)cc1)Cc1nccs1. The van der Waals surface area contributed by atoms with Crippen molar-refractivity contribution in [3.05, 3.63) is 52.2 Å². The van der Waals surface area contributed by atoms with Gasteiger partial charge in [-0.1, -0.05) is 12.1 Å². The van der Waals surface area contributed by atoms with Crippen LogP contribution >= 0.6 is 11.3 Å². The first-order chi connectivity index (χ1) is 8.05. The average Bonchev–Trinajstić information content (AvgIpc) is 2.73. The van der Waals surface area contributed by atoms with Gasteiger partial charge in [0.15, 0.2) is 0 Å². The molecule has 0 saturated heterocycles. The molecule has 2 N–H and O–H groups in total. The van der Waals surface area contributed by atoms with Crippen LogP contribution in [0.5, 0.6) is 0 Å². The van der Waals surface area contributed by atoms with E-state index in [1.165, 1.54) is 12.1 Å². The van der Waals surface area contributed by atoms with Gasteiger partial charge in [-0.15, -0.1) is 11.3 Å². The Bertz CT molecular complexity index is 463. The van der Waals surface area contributed by atoms with Gasteiger partial charge in [0.1, 0.15) is 5.82 Å². The highest BCUT2D eigenvalue weighted by Gasteiger charge is 2.20. The number of hydrogen-bond donors (Lipinski definition) is 1. The second kappa shape index (κ2) is 4.94. The molecule has 0 aliphatic rings. The molecule has 2 rings (SSSR count). The topological polar surface area (TPSA) is 38.9 Å². The van der Waals surface area contributed by atoms with Crippen LogP contribution in [0.3, 0.4) is 0 Å². The molecule has 0 aliphatic carbocycles. The number of nitrogens with zero attached hydrogens (tertiary/aromatic N) is 1. The van der Waals surface area contributed by atoms with Gasteiger partial charge in [-0.3, -0.25) is 0 Å². The van der Waals surface area contributed by atoms with Gasteiger partial charge >= 0.3 is 0 Å². The predicted octanol–water partition coefficient (Wildman–Crippen LogP) is 2.78. The van der Waals surface area contributed by atoms with E-state index in [1.54, 1.807) is 29.7 Å². The summed E-state index contributed by atoms with van der Waals surface area (Å²) in [6.07, 6.45) is 3.24. The second-order valence-corrected chi connectivity index (χ2v) is 5.54. The minimum absolute atomic E-state index is 0.215. The van der Waals surface area contributed by atoms with E-state index in [2.05, 4.69) is 4.98 Å². The van der Waals surface area contributed by atoms with E-state index < -0.39 is 0 Å². The van der Waals surface area contributed by atoms with Crippen molar-refractivity contribution in [3.63, 3.8) is 0 Å². The molecule has 1 heterocycles. The molecule has 17 heavy (non-hydrogen) atoms. The molecule has 0 spiro atoms. The highest BCUT2D eigenvalue weighted by Crippen LogP contribution is 2.18. The Balaban J connectivity index is 2.03. The summed E-state index contributed by atoms with van der Waals surface area (Å²) in [4.78, 5) is 4.24. The number of halogens is 1. The van der Waals surface area contributed by atoms with Crippen LogP contribution in [0, 0.1) is 5.82 Å². The zero-order chi connectivity index (χ0) is 12.3. The van der Waals surface area contributed by atoms with Crippen LogP contribution in [-0.4, -0.2) is 10.5 Å². The molecule has 4 heteroatoms. The van der Waals surface area contributed by atoms with E-state index >= 15 is 0 Å². The summed E-state index contributed by atoms with van der Waals surface area (Å²) in [6.45, 7) is 2.00. The summed E-state index contributed by atoms with van der Waals surface area (Å²) < 4.78 is 12.8. The maximum absolute atomic E-state index is 12.8. The Morgan fingerprint density at radius 1 is 1.29 bits per heavy atom. The normalized spacial score (nSPS) is 14.5. The van der Waals surface area contributed by atoms with E-state index in [-0.39, 0.29) is 11.4 Å². The lowest BCUT2D eigenvalue weighted by Crippen LogP contribution is -2.40. The Kier molecular flexibility index (Phi) is 3.54. The molecule has 0 saturated carbocycles. The summed E-state index contributed by atoms with van der Waals surface area (Å²) in [7, 11) is 0. The van der Waals surface area contributed by atoms with Gasteiger partial charge in [0.2, 0.25) is 0 Å². The highest BCUT2D eigenvalue weighted by molar-refractivity contribution is 7.09. The van der Waals surface area contributed by atoms with Gasteiger partial charge in [0.05, 0.1) is 5.01 Å². The van der Waals surface area contributed by atoms with E-state index in [1.807, 2.05) is 12.3 Å². The van der Waals surface area contributed by atoms with Crippen molar-refractivity contribution >= 4 is 11.3 Å². The van der Waals surface area contributed by atoms with Crippen LogP contribution in [-0.2, 0) is 12.8 Å². The summed E-state index contributed by atoms with van der Waals surface area (Å²) >= 11 is 1.61. The first-order valence-electron chi connectivity index (χ1n) is 5.47. The third kappa shape index (κ3) is 3.61. The molecule has 0 amide bonds. The number of aromatic nitrogens is 1. The van der Waals surface area contributed by atoms with Gasteiger partial charge in [-0.2, -0.15) is 0 Å². The van der Waals surface area contributed by atoms with Crippen molar-refractivity contribution in [2.75, 3.05) is 0 Å². The standard InChI is InChI=1S/C13H15FN2S/c1-13(15,9-12-16-6-7-17-12)8-10-2-4-11(14)5-3-10/h2-7H,8-9,15H2,1H3. The Morgan fingerprint density at radius 3 is 2.59 bits per heavy atom. The van der Waals surface area contributed by atoms with Crippen molar-refractivity contribution in [1.82, 2.24) is 4.98 Å². The molecule has 1 atom stereocenters. The molecule has 2 nitrogen and oxygen atoms in total. The lowest BCUT2D eigenvalue weighted by atomic mass is 9.91. The number of rotatable bonds is 4. The first kappa shape index (κ1) is 12.2. The number of benzene rings is 1. The molecule has 1 aromatic heterocycles. The zero-order valence-electron chi connectivity index (χ0n) is 9.69. The van der Waals surface area contributed by atoms with Gasteiger partial charge in [0.25, 0.3) is 0 Å². The number of thiazole rings is 1. The predicted molar refractivity (Wildman–Crippen MR) is 68.5 cm³/mol. The van der Waals surface area contributed by atoms with Crippen molar-refractivity contribution in [2.45, 2.75) is 25.3 Å². The zero-order valence-corrected chi connectivity index (χ0v) is 10.5. The fourth-order valence-corrected chi connectivity index (χ4v) is 2.63. The van der Waals surface area contributed by atoms with E-state index in [9.17, 15) is 4.39 Å². The van der Waals surface area contributed by atoms with Gasteiger partial charge in [0, 0.05) is 23.5 Å². The van der Waals surface area contributed by atoms with Crippen molar-refractivity contribution in [3.8, 4) is 0 Å². The molecule has 0 fully saturated rings. The van der Waals surface area contributed by atoms with Gasteiger partial charge in [-0.05, 0) is 31.0 Å². The smallest absolute Gasteiger partial charge is 0.123 e. The molecule has 1 unspecified atom stereocenters. The van der Waals surface area contributed by atoms with Crippen LogP contribution in [0.2, 0.25) is 0 Å². The third-order valence-electron chi connectivity index (χ3n) is 2.56. The van der Waals surface area contributed by atoms with Crippen molar-refractivity contribution < 1.29 is 4.39 Å². The monoisotopic (exact) mass is 250 g/mol. The van der Waals surface area contributed by atoms with Crippen molar-refractivity contribution in [1.29, 1.82) is 0 Å². The van der Waals surface area contributed by atoms with Crippen molar-refractivity contribution in [2.24, 2.45) is 5.73 Å². The summed E-state index contributed by atoms with van der Waals surface area (Å²) in [5.74, 6) is -0.215. The molecule has 0 aliphatic heterocycles. The molecular formula is C13H15FN2S. The third-order valence-corrected chi connectivity index (χ3v) is 3.34. The largest absolute Gasteiger partial charge is 0.325 e. The van der Waals surface area contributed by atoms with Crippen LogP contribution in [0.15, 0.2) is 35.8 Å². The Hall–Kier alpha value is -1.26. The van der Waals surface area contributed by atoms with Gasteiger partial charge < -0.3 is 5.73 Å². The average molecular weight is 250 g/mol. The minimum atomic E-state index is -0.352. The molecule has 0 bridgehead atoms.